The lowest BCUT2D eigenvalue weighted by atomic mass is 10.1. The van der Waals surface area contributed by atoms with Crippen molar-refractivity contribution < 1.29 is 22.7 Å². The van der Waals surface area contributed by atoms with E-state index in [1.165, 1.54) is 28.6 Å². The topological polar surface area (TPSA) is 80.8 Å². The largest absolute Gasteiger partial charge is 0.454 e. The molecular formula is C19H20BrNO5S. The first-order valence-corrected chi connectivity index (χ1v) is 10.6. The molecule has 0 aromatic heterocycles. The van der Waals surface area contributed by atoms with Gasteiger partial charge in [0, 0.05) is 23.1 Å². The second-order valence-corrected chi connectivity index (χ2v) is 8.39. The van der Waals surface area contributed by atoms with Crippen LogP contribution in [0, 0.1) is 0 Å². The van der Waals surface area contributed by atoms with Gasteiger partial charge in [-0.1, -0.05) is 48.0 Å². The molecule has 0 radical (unpaired) electrons. The molecule has 8 heteroatoms. The Balaban J connectivity index is 2.06. The van der Waals surface area contributed by atoms with Crippen molar-refractivity contribution in [2.75, 3.05) is 19.7 Å². The molecule has 0 aliphatic rings. The van der Waals surface area contributed by atoms with Gasteiger partial charge in [0.15, 0.2) is 6.61 Å². The van der Waals surface area contributed by atoms with Crippen LogP contribution in [0.1, 0.15) is 34.6 Å². The number of ketones is 1. The third-order valence-corrected chi connectivity index (χ3v) is 6.70. The number of esters is 1. The van der Waals surface area contributed by atoms with Crippen LogP contribution in [0.4, 0.5) is 0 Å². The molecule has 27 heavy (non-hydrogen) atoms. The van der Waals surface area contributed by atoms with Crippen LogP contribution in [0.5, 0.6) is 0 Å². The number of rotatable bonds is 8. The van der Waals surface area contributed by atoms with E-state index in [1.807, 2.05) is 0 Å². The van der Waals surface area contributed by atoms with Crippen LogP contribution in [-0.2, 0) is 14.8 Å². The summed E-state index contributed by atoms with van der Waals surface area (Å²) in [5, 5.41) is 0. The summed E-state index contributed by atoms with van der Waals surface area (Å²) in [6.07, 6.45) is 0. The number of benzene rings is 2. The van der Waals surface area contributed by atoms with E-state index in [2.05, 4.69) is 15.9 Å². The van der Waals surface area contributed by atoms with Crippen LogP contribution < -0.4 is 0 Å². The van der Waals surface area contributed by atoms with Gasteiger partial charge in [-0.05, 0) is 30.3 Å². The molecule has 0 saturated carbocycles. The fraction of sp³-hybridized carbons (Fsp3) is 0.263. The number of sulfonamides is 1. The van der Waals surface area contributed by atoms with Gasteiger partial charge in [-0.25, -0.2) is 13.2 Å². The van der Waals surface area contributed by atoms with Crippen molar-refractivity contribution in [2.45, 2.75) is 18.7 Å². The van der Waals surface area contributed by atoms with E-state index in [4.69, 9.17) is 4.74 Å². The predicted molar refractivity (Wildman–Crippen MR) is 105 cm³/mol. The Morgan fingerprint density at radius 3 is 2.15 bits per heavy atom. The lowest BCUT2D eigenvalue weighted by molar-refractivity contribution is 0.0474. The number of nitrogens with zero attached hydrogens (tertiary/aromatic N) is 1. The van der Waals surface area contributed by atoms with Gasteiger partial charge in [0.25, 0.3) is 0 Å². The fourth-order valence-corrected chi connectivity index (χ4v) is 4.42. The van der Waals surface area contributed by atoms with Gasteiger partial charge in [0.1, 0.15) is 0 Å². The average molecular weight is 454 g/mol. The number of ether oxygens (including phenoxy) is 1. The summed E-state index contributed by atoms with van der Waals surface area (Å²) in [6, 6.07) is 12.3. The molecule has 0 atom stereocenters. The first-order chi connectivity index (χ1) is 12.8. The molecule has 0 heterocycles. The molecule has 0 amide bonds. The van der Waals surface area contributed by atoms with Gasteiger partial charge in [-0.3, -0.25) is 4.79 Å². The van der Waals surface area contributed by atoms with Crippen molar-refractivity contribution in [3.8, 4) is 0 Å². The van der Waals surface area contributed by atoms with E-state index in [9.17, 15) is 18.0 Å². The first-order valence-electron chi connectivity index (χ1n) is 8.36. The summed E-state index contributed by atoms with van der Waals surface area (Å²) in [4.78, 5) is 24.4. The second-order valence-electron chi connectivity index (χ2n) is 5.59. The zero-order chi connectivity index (χ0) is 20.0. The van der Waals surface area contributed by atoms with Crippen LogP contribution in [0.15, 0.2) is 57.9 Å². The molecule has 0 N–H and O–H groups in total. The summed E-state index contributed by atoms with van der Waals surface area (Å²) in [6.45, 7) is 3.84. The summed E-state index contributed by atoms with van der Waals surface area (Å²) >= 11 is 3.28. The van der Waals surface area contributed by atoms with Crippen molar-refractivity contribution in [2.24, 2.45) is 0 Å². The van der Waals surface area contributed by atoms with E-state index in [1.54, 1.807) is 38.1 Å². The number of carbonyl (C=O) groups is 2. The molecule has 0 unspecified atom stereocenters. The number of Topliss-reactive ketones (excluding diaryl/α,β-unsaturated/α-hetero) is 1. The quantitative estimate of drug-likeness (QED) is 0.451. The molecule has 144 valence electrons. The zero-order valence-electron chi connectivity index (χ0n) is 15.0. The number of carbonyl (C=O) groups excluding carboxylic acids is 2. The average Bonchev–Trinajstić information content (AvgIpc) is 2.67. The third kappa shape index (κ3) is 5.03. The maximum Gasteiger partial charge on any atom is 0.338 e. The van der Waals surface area contributed by atoms with Crippen molar-refractivity contribution in [1.82, 2.24) is 4.31 Å². The van der Waals surface area contributed by atoms with E-state index < -0.39 is 22.6 Å². The van der Waals surface area contributed by atoms with Gasteiger partial charge >= 0.3 is 5.97 Å². The van der Waals surface area contributed by atoms with Crippen LogP contribution in [0.3, 0.4) is 0 Å². The zero-order valence-corrected chi connectivity index (χ0v) is 17.4. The van der Waals surface area contributed by atoms with Gasteiger partial charge in [0.2, 0.25) is 15.8 Å². The number of hydrogen-bond donors (Lipinski definition) is 0. The van der Waals surface area contributed by atoms with Gasteiger partial charge < -0.3 is 4.74 Å². The van der Waals surface area contributed by atoms with Gasteiger partial charge in [-0.2, -0.15) is 4.31 Å². The molecule has 0 saturated heterocycles. The SMILES string of the molecule is CCN(CC)S(=O)(=O)c1ccc(C(=O)OCC(=O)c2ccccc2Br)cc1. The Bertz CT molecular complexity index is 921. The third-order valence-electron chi connectivity index (χ3n) is 3.94. The molecule has 0 aliphatic heterocycles. The Kier molecular flexibility index (Phi) is 7.29. The van der Waals surface area contributed by atoms with E-state index >= 15 is 0 Å². The minimum absolute atomic E-state index is 0.104. The monoisotopic (exact) mass is 453 g/mol. The smallest absolute Gasteiger partial charge is 0.338 e. The lowest BCUT2D eigenvalue weighted by Gasteiger charge is -2.18. The normalized spacial score (nSPS) is 11.4. The molecule has 6 nitrogen and oxygen atoms in total. The fourth-order valence-electron chi connectivity index (χ4n) is 2.46. The van der Waals surface area contributed by atoms with Gasteiger partial charge in [0.05, 0.1) is 10.5 Å². The highest BCUT2D eigenvalue weighted by Gasteiger charge is 2.22. The highest BCUT2D eigenvalue weighted by atomic mass is 79.9. The van der Waals surface area contributed by atoms with Crippen LogP contribution in [-0.4, -0.2) is 44.2 Å². The van der Waals surface area contributed by atoms with Crippen molar-refractivity contribution in [3.05, 3.63) is 64.1 Å². The maximum absolute atomic E-state index is 12.4. The molecular weight excluding hydrogens is 434 g/mol. The summed E-state index contributed by atoms with van der Waals surface area (Å²) in [7, 11) is -3.59. The van der Waals surface area contributed by atoms with E-state index in [-0.39, 0.29) is 16.2 Å². The Labute approximate surface area is 167 Å². The van der Waals surface area contributed by atoms with Crippen molar-refractivity contribution >= 4 is 37.7 Å². The highest BCUT2D eigenvalue weighted by molar-refractivity contribution is 9.10. The molecule has 0 aliphatic carbocycles. The summed E-state index contributed by atoms with van der Waals surface area (Å²) in [5.41, 5.74) is 0.597. The van der Waals surface area contributed by atoms with Crippen molar-refractivity contribution in [1.29, 1.82) is 0 Å². The Morgan fingerprint density at radius 1 is 1.00 bits per heavy atom. The van der Waals surface area contributed by atoms with Gasteiger partial charge in [-0.15, -0.1) is 0 Å². The minimum Gasteiger partial charge on any atom is -0.454 e. The molecule has 0 fully saturated rings. The minimum atomic E-state index is -3.59. The standard InChI is InChI=1S/C19H20BrNO5S/c1-3-21(4-2)27(24,25)15-11-9-14(10-12-15)19(23)26-13-18(22)16-7-5-6-8-17(16)20/h5-12H,3-4,13H2,1-2H3. The van der Waals surface area contributed by atoms with E-state index in [0.717, 1.165) is 0 Å². The number of hydrogen-bond acceptors (Lipinski definition) is 5. The predicted octanol–water partition coefficient (Wildman–Crippen LogP) is 3.52. The Hall–Kier alpha value is -2.03. The Morgan fingerprint density at radius 2 is 1.59 bits per heavy atom. The van der Waals surface area contributed by atoms with Crippen LogP contribution in [0.2, 0.25) is 0 Å². The number of halogens is 1. The first kappa shape index (κ1) is 21.3. The molecule has 2 aromatic rings. The highest BCUT2D eigenvalue weighted by Crippen LogP contribution is 2.18. The molecule has 2 rings (SSSR count). The summed E-state index contributed by atoms with van der Waals surface area (Å²) in [5.74, 6) is -1.03. The lowest BCUT2D eigenvalue weighted by Crippen LogP contribution is -2.30. The van der Waals surface area contributed by atoms with Crippen LogP contribution >= 0.6 is 15.9 Å². The molecule has 0 bridgehead atoms. The van der Waals surface area contributed by atoms with Crippen molar-refractivity contribution in [3.63, 3.8) is 0 Å². The van der Waals surface area contributed by atoms with E-state index in [0.29, 0.717) is 23.1 Å². The maximum atomic E-state index is 12.4. The second kappa shape index (κ2) is 9.25. The van der Waals surface area contributed by atoms with Crippen LogP contribution in [0.25, 0.3) is 0 Å². The summed E-state index contributed by atoms with van der Waals surface area (Å²) < 4.78 is 31.9. The molecule has 0 spiro atoms. The molecule has 2 aromatic carbocycles.